The Hall–Kier alpha value is -0.300. The molecule has 1 heteroatoms. The molecular weight excluding hydrogens is 272 g/mol. The first kappa shape index (κ1) is 14.8. The molecule has 0 aromatic heterocycles. The minimum atomic E-state index is 0.251. The van der Waals surface area contributed by atoms with Crippen molar-refractivity contribution < 1.29 is 0 Å². The van der Waals surface area contributed by atoms with Crippen molar-refractivity contribution in [1.82, 2.24) is 0 Å². The minimum Gasteiger partial charge on any atom is -0.0928 e. The molecule has 0 radical (unpaired) electrons. The predicted molar refractivity (Wildman–Crippen MR) is 81.6 cm³/mol. The SMILES string of the molecule is Cc1c(C)c(C)c(C(C)(C)CCBr)c(C)c1C. The summed E-state index contributed by atoms with van der Waals surface area (Å²) < 4.78 is 0. The van der Waals surface area contributed by atoms with Gasteiger partial charge < -0.3 is 0 Å². The van der Waals surface area contributed by atoms with Crippen LogP contribution in [0.4, 0.5) is 0 Å². The third kappa shape index (κ3) is 2.59. The van der Waals surface area contributed by atoms with Gasteiger partial charge in [-0.15, -0.1) is 0 Å². The molecule has 0 saturated heterocycles. The van der Waals surface area contributed by atoms with Crippen LogP contribution in [0.15, 0.2) is 0 Å². The maximum Gasteiger partial charge on any atom is 0.00395 e. The lowest BCUT2D eigenvalue weighted by Gasteiger charge is -2.31. The van der Waals surface area contributed by atoms with Crippen LogP contribution in [0.2, 0.25) is 0 Å². The highest BCUT2D eigenvalue weighted by Gasteiger charge is 2.26. The van der Waals surface area contributed by atoms with E-state index in [4.69, 9.17) is 0 Å². The summed E-state index contributed by atoms with van der Waals surface area (Å²) in [7, 11) is 0. The van der Waals surface area contributed by atoms with Crippen molar-refractivity contribution in [2.24, 2.45) is 0 Å². The molecule has 1 rings (SSSR count). The average molecular weight is 297 g/mol. The molecule has 17 heavy (non-hydrogen) atoms. The first-order valence-electron chi connectivity index (χ1n) is 6.37. The summed E-state index contributed by atoms with van der Waals surface area (Å²) in [6, 6.07) is 0. The molecule has 0 saturated carbocycles. The standard InChI is InChI=1S/C16H25Br/c1-10-11(2)13(4)15(14(5)12(10)3)16(6,7)8-9-17/h8-9H2,1-7H3. The Labute approximate surface area is 115 Å². The van der Waals surface area contributed by atoms with Gasteiger partial charge in [0.2, 0.25) is 0 Å². The highest BCUT2D eigenvalue weighted by molar-refractivity contribution is 9.09. The van der Waals surface area contributed by atoms with Gasteiger partial charge in [0.05, 0.1) is 0 Å². The Morgan fingerprint density at radius 3 is 1.47 bits per heavy atom. The quantitative estimate of drug-likeness (QED) is 0.665. The van der Waals surface area contributed by atoms with Crippen molar-refractivity contribution in [1.29, 1.82) is 0 Å². The first-order chi connectivity index (χ1) is 7.74. The number of alkyl halides is 1. The van der Waals surface area contributed by atoms with Gasteiger partial charge in [0.25, 0.3) is 0 Å². The Bertz CT molecular complexity index is 399. The van der Waals surface area contributed by atoms with E-state index in [1.807, 2.05) is 0 Å². The van der Waals surface area contributed by atoms with Crippen molar-refractivity contribution in [3.05, 3.63) is 33.4 Å². The minimum absolute atomic E-state index is 0.251. The lowest BCUT2D eigenvalue weighted by atomic mass is 9.74. The molecular formula is C16H25Br. The highest BCUT2D eigenvalue weighted by Crippen LogP contribution is 2.37. The van der Waals surface area contributed by atoms with Gasteiger partial charge in [0, 0.05) is 5.33 Å². The van der Waals surface area contributed by atoms with Gasteiger partial charge in [0.1, 0.15) is 0 Å². The number of halogens is 1. The normalized spacial score (nSPS) is 12.0. The van der Waals surface area contributed by atoms with E-state index in [1.54, 1.807) is 5.56 Å². The van der Waals surface area contributed by atoms with Crippen molar-refractivity contribution in [3.63, 3.8) is 0 Å². The van der Waals surface area contributed by atoms with Crippen molar-refractivity contribution in [2.45, 2.75) is 60.3 Å². The van der Waals surface area contributed by atoms with Crippen molar-refractivity contribution in [3.8, 4) is 0 Å². The smallest absolute Gasteiger partial charge is 0.00395 e. The van der Waals surface area contributed by atoms with E-state index in [1.165, 1.54) is 34.2 Å². The highest BCUT2D eigenvalue weighted by atomic mass is 79.9. The lowest BCUT2D eigenvalue weighted by molar-refractivity contribution is 0.505. The molecule has 1 aromatic carbocycles. The zero-order valence-electron chi connectivity index (χ0n) is 12.3. The van der Waals surface area contributed by atoms with Crippen LogP contribution < -0.4 is 0 Å². The second-order valence-corrected chi connectivity index (χ2v) is 6.62. The fourth-order valence-corrected chi connectivity index (χ4v) is 3.87. The topological polar surface area (TPSA) is 0 Å². The Kier molecular flexibility index (Phi) is 4.46. The van der Waals surface area contributed by atoms with Gasteiger partial charge in [-0.25, -0.2) is 0 Å². The maximum absolute atomic E-state index is 3.58. The molecule has 0 atom stereocenters. The summed E-state index contributed by atoms with van der Waals surface area (Å²) in [6.07, 6.45) is 1.18. The van der Waals surface area contributed by atoms with Crippen LogP contribution in [0, 0.1) is 34.6 Å². The van der Waals surface area contributed by atoms with Crippen LogP contribution in [0.5, 0.6) is 0 Å². The summed E-state index contributed by atoms with van der Waals surface area (Å²) in [5.41, 5.74) is 9.15. The average Bonchev–Trinajstić information content (AvgIpc) is 2.23. The molecule has 0 unspecified atom stereocenters. The zero-order chi connectivity index (χ0) is 13.4. The molecule has 0 bridgehead atoms. The molecule has 0 heterocycles. The van der Waals surface area contributed by atoms with E-state index >= 15 is 0 Å². The molecule has 0 aliphatic heterocycles. The van der Waals surface area contributed by atoms with Gasteiger partial charge in [-0.3, -0.25) is 0 Å². The molecule has 0 nitrogen and oxygen atoms in total. The lowest BCUT2D eigenvalue weighted by Crippen LogP contribution is -2.22. The summed E-state index contributed by atoms with van der Waals surface area (Å²) in [5, 5.41) is 1.06. The second-order valence-electron chi connectivity index (χ2n) is 5.82. The molecule has 0 N–H and O–H groups in total. The largest absolute Gasteiger partial charge is 0.0928 e. The van der Waals surface area contributed by atoms with Crippen LogP contribution in [0.3, 0.4) is 0 Å². The predicted octanol–water partition coefficient (Wildman–Crippen LogP) is 5.29. The van der Waals surface area contributed by atoms with Gasteiger partial charge in [0.15, 0.2) is 0 Å². The zero-order valence-corrected chi connectivity index (χ0v) is 13.9. The molecule has 0 aliphatic rings. The van der Waals surface area contributed by atoms with Gasteiger partial charge in [-0.1, -0.05) is 29.8 Å². The van der Waals surface area contributed by atoms with Gasteiger partial charge >= 0.3 is 0 Å². The van der Waals surface area contributed by atoms with Crippen LogP contribution in [-0.4, -0.2) is 5.33 Å². The summed E-state index contributed by atoms with van der Waals surface area (Å²) in [6.45, 7) is 16.0. The number of rotatable bonds is 3. The first-order valence-corrected chi connectivity index (χ1v) is 7.49. The van der Waals surface area contributed by atoms with Crippen molar-refractivity contribution >= 4 is 15.9 Å². The summed E-state index contributed by atoms with van der Waals surface area (Å²) in [4.78, 5) is 0. The van der Waals surface area contributed by atoms with E-state index in [9.17, 15) is 0 Å². The number of benzene rings is 1. The second kappa shape index (κ2) is 5.14. The van der Waals surface area contributed by atoms with Crippen LogP contribution >= 0.6 is 15.9 Å². The molecule has 0 fully saturated rings. The molecule has 0 aliphatic carbocycles. The monoisotopic (exact) mass is 296 g/mol. The van der Waals surface area contributed by atoms with Gasteiger partial charge in [-0.2, -0.15) is 0 Å². The van der Waals surface area contributed by atoms with Gasteiger partial charge in [-0.05, 0) is 79.8 Å². The third-order valence-electron chi connectivity index (χ3n) is 4.40. The number of hydrogen-bond donors (Lipinski definition) is 0. The van der Waals surface area contributed by atoms with E-state index in [0.29, 0.717) is 0 Å². The van der Waals surface area contributed by atoms with E-state index in [-0.39, 0.29) is 5.41 Å². The summed E-state index contributed by atoms with van der Waals surface area (Å²) in [5.74, 6) is 0. The molecule has 1 aromatic rings. The number of hydrogen-bond acceptors (Lipinski definition) is 0. The van der Waals surface area contributed by atoms with Crippen LogP contribution in [0.1, 0.15) is 53.6 Å². The van der Waals surface area contributed by atoms with Crippen LogP contribution in [0.25, 0.3) is 0 Å². The fraction of sp³-hybridized carbons (Fsp3) is 0.625. The van der Waals surface area contributed by atoms with Crippen LogP contribution in [-0.2, 0) is 5.41 Å². The Morgan fingerprint density at radius 1 is 0.765 bits per heavy atom. The van der Waals surface area contributed by atoms with Crippen molar-refractivity contribution in [2.75, 3.05) is 5.33 Å². The van der Waals surface area contributed by atoms with E-state index < -0.39 is 0 Å². The fourth-order valence-electron chi connectivity index (χ4n) is 2.88. The van der Waals surface area contributed by atoms with E-state index in [2.05, 4.69) is 64.4 Å². The summed E-state index contributed by atoms with van der Waals surface area (Å²) >= 11 is 3.58. The van der Waals surface area contributed by atoms with E-state index in [0.717, 1.165) is 5.33 Å². The molecule has 96 valence electrons. The third-order valence-corrected chi connectivity index (χ3v) is 4.79. The molecule has 0 amide bonds. The molecule has 0 spiro atoms. The maximum atomic E-state index is 3.58. The Balaban J connectivity index is 3.54. The Morgan fingerprint density at radius 2 is 1.12 bits per heavy atom.